The minimum absolute atomic E-state index is 0.0149. The average Bonchev–Trinajstić information content (AvgIpc) is 3.63. The lowest BCUT2D eigenvalue weighted by Crippen LogP contribution is -2.26. The molecule has 1 N–H and O–H groups in total. The molecule has 4 rings (SSSR count). The van der Waals surface area contributed by atoms with E-state index in [1.54, 1.807) is 12.3 Å². The number of hydrogen-bond donors (Lipinski definition) is 1. The number of esters is 1. The van der Waals surface area contributed by atoms with E-state index in [1.165, 1.54) is 44.1 Å². The number of benzene rings is 1. The normalized spacial score (nSPS) is 15.1. The van der Waals surface area contributed by atoms with E-state index in [-0.39, 0.29) is 30.2 Å². The molecule has 238 valence electrons. The average molecular weight is 626 g/mol. The summed E-state index contributed by atoms with van der Waals surface area (Å²) in [6.45, 7) is 1.56. The highest BCUT2D eigenvalue weighted by molar-refractivity contribution is 5.87. The first-order chi connectivity index (χ1) is 20.7. The molecular weight excluding hydrogens is 592 g/mol. The molecule has 1 aliphatic rings. The summed E-state index contributed by atoms with van der Waals surface area (Å²) in [7, 11) is 2.72. The van der Waals surface area contributed by atoms with Gasteiger partial charge < -0.3 is 15.0 Å². The maximum atomic E-state index is 13.6. The Hall–Kier alpha value is -4.17. The number of methoxy groups -OCH3 is 1. The number of aromatic nitrogens is 5. The zero-order valence-electron chi connectivity index (χ0n) is 24.4. The third-order valence-electron chi connectivity index (χ3n) is 7.31. The van der Waals surface area contributed by atoms with Gasteiger partial charge in [-0.3, -0.25) is 0 Å². The molecule has 3 aromatic rings. The standard InChI is InChI=1S/C29H33F6N7O2/c1-18(10-19-6-4-5-7-19)37-26-22(11-20(15-36-26)8-9-25(43)44-3)17-42(27-38-40-41(2)39-27)16-21-12-23(28(30,31)32)14-24(13-21)29(33,34)35/h8-9,11-15,18-19H,4-7,10,16-17H2,1-3H3,(H,36,37). The van der Waals surface area contributed by atoms with Gasteiger partial charge in [-0.2, -0.15) is 31.1 Å². The molecule has 0 bridgehead atoms. The number of carbonyl (C=O) groups is 1. The second-order valence-corrected chi connectivity index (χ2v) is 10.9. The lowest BCUT2D eigenvalue weighted by molar-refractivity contribution is -0.143. The van der Waals surface area contributed by atoms with Crippen LogP contribution in [-0.4, -0.2) is 44.3 Å². The molecule has 0 aliphatic heterocycles. The molecule has 9 nitrogen and oxygen atoms in total. The molecule has 44 heavy (non-hydrogen) atoms. The van der Waals surface area contributed by atoms with Crippen LogP contribution >= 0.6 is 0 Å². The number of nitrogens with zero attached hydrogens (tertiary/aromatic N) is 6. The summed E-state index contributed by atoms with van der Waals surface area (Å²) in [5.41, 5.74) is -2.03. The Morgan fingerprint density at radius 3 is 2.32 bits per heavy atom. The summed E-state index contributed by atoms with van der Waals surface area (Å²) < 4.78 is 86.2. The second-order valence-electron chi connectivity index (χ2n) is 10.9. The number of rotatable bonds is 11. The summed E-state index contributed by atoms with van der Waals surface area (Å²) >= 11 is 0. The van der Waals surface area contributed by atoms with Gasteiger partial charge in [0.25, 0.3) is 5.95 Å². The molecule has 1 atom stereocenters. The van der Waals surface area contributed by atoms with Crippen molar-refractivity contribution in [2.45, 2.75) is 70.5 Å². The van der Waals surface area contributed by atoms with E-state index < -0.39 is 36.0 Å². The molecule has 15 heteroatoms. The van der Waals surface area contributed by atoms with Gasteiger partial charge in [-0.25, -0.2) is 9.78 Å². The van der Waals surface area contributed by atoms with E-state index in [4.69, 9.17) is 0 Å². The van der Waals surface area contributed by atoms with E-state index in [2.05, 4.69) is 30.4 Å². The van der Waals surface area contributed by atoms with Crippen molar-refractivity contribution in [3.63, 3.8) is 0 Å². The van der Waals surface area contributed by atoms with Gasteiger partial charge in [0.2, 0.25) is 0 Å². The van der Waals surface area contributed by atoms with E-state index in [1.807, 2.05) is 6.92 Å². The molecular formula is C29H33F6N7O2. The van der Waals surface area contributed by atoms with Gasteiger partial charge in [0.15, 0.2) is 0 Å². The minimum atomic E-state index is -5.00. The van der Waals surface area contributed by atoms with Crippen LogP contribution in [-0.2, 0) is 42.0 Å². The number of pyridine rings is 1. The molecule has 0 saturated heterocycles. The van der Waals surface area contributed by atoms with Gasteiger partial charge >= 0.3 is 18.3 Å². The van der Waals surface area contributed by atoms with Crippen LogP contribution < -0.4 is 10.2 Å². The van der Waals surface area contributed by atoms with E-state index in [9.17, 15) is 31.1 Å². The topological polar surface area (TPSA) is 98.1 Å². The predicted octanol–water partition coefficient (Wildman–Crippen LogP) is 6.42. The number of nitrogens with one attached hydrogen (secondary N) is 1. The molecule has 1 aliphatic carbocycles. The number of alkyl halides is 6. The molecule has 2 heterocycles. The number of carbonyl (C=O) groups excluding carboxylic acids is 1. The van der Waals surface area contributed by atoms with Crippen LogP contribution in [0, 0.1) is 5.92 Å². The number of anilines is 2. The fourth-order valence-corrected chi connectivity index (χ4v) is 5.28. The van der Waals surface area contributed by atoms with Gasteiger partial charge in [0, 0.05) is 37.0 Å². The monoisotopic (exact) mass is 625 g/mol. The van der Waals surface area contributed by atoms with Crippen molar-refractivity contribution >= 4 is 23.8 Å². The van der Waals surface area contributed by atoms with Gasteiger partial charge in [-0.15, -0.1) is 5.10 Å². The van der Waals surface area contributed by atoms with Crippen molar-refractivity contribution in [3.05, 3.63) is 64.4 Å². The first-order valence-electron chi connectivity index (χ1n) is 14.0. The largest absolute Gasteiger partial charge is 0.466 e. The van der Waals surface area contributed by atoms with Crippen molar-refractivity contribution in [1.29, 1.82) is 0 Å². The fraction of sp³-hybridized carbons (Fsp3) is 0.483. The van der Waals surface area contributed by atoms with Crippen molar-refractivity contribution < 1.29 is 35.9 Å². The van der Waals surface area contributed by atoms with E-state index >= 15 is 0 Å². The molecule has 1 unspecified atom stereocenters. The Morgan fingerprint density at radius 2 is 1.75 bits per heavy atom. The van der Waals surface area contributed by atoms with Crippen LogP contribution in [0.3, 0.4) is 0 Å². The van der Waals surface area contributed by atoms with Gasteiger partial charge in [0.1, 0.15) is 5.82 Å². The second kappa shape index (κ2) is 13.6. The van der Waals surface area contributed by atoms with Crippen LogP contribution in [0.2, 0.25) is 0 Å². The van der Waals surface area contributed by atoms with E-state index in [0.717, 1.165) is 24.1 Å². The number of aryl methyl sites for hydroxylation is 1. The highest BCUT2D eigenvalue weighted by atomic mass is 19.4. The van der Waals surface area contributed by atoms with Crippen molar-refractivity contribution in [2.24, 2.45) is 13.0 Å². The summed E-state index contributed by atoms with van der Waals surface area (Å²) in [6.07, 6.45) is -0.182. The third-order valence-corrected chi connectivity index (χ3v) is 7.31. The van der Waals surface area contributed by atoms with Crippen molar-refractivity contribution in [2.75, 3.05) is 17.3 Å². The Morgan fingerprint density at radius 1 is 1.09 bits per heavy atom. The van der Waals surface area contributed by atoms with Gasteiger partial charge in [-0.1, -0.05) is 30.8 Å². The number of hydrogen-bond acceptors (Lipinski definition) is 8. The fourth-order valence-electron chi connectivity index (χ4n) is 5.28. The van der Waals surface area contributed by atoms with Crippen molar-refractivity contribution in [3.8, 4) is 0 Å². The third kappa shape index (κ3) is 8.92. The maximum Gasteiger partial charge on any atom is 0.416 e. The Kier molecular flexibility index (Phi) is 10.1. The van der Waals surface area contributed by atoms with Crippen LogP contribution in [0.25, 0.3) is 6.08 Å². The first kappa shape index (κ1) is 32.7. The van der Waals surface area contributed by atoms with Crippen LogP contribution in [0.4, 0.5) is 38.1 Å². The summed E-state index contributed by atoms with van der Waals surface area (Å²) in [5, 5.41) is 15.3. The number of ether oxygens (including phenoxy) is 1. The molecule has 0 amide bonds. The van der Waals surface area contributed by atoms with Crippen LogP contribution in [0.5, 0.6) is 0 Å². The molecule has 1 aromatic carbocycles. The minimum Gasteiger partial charge on any atom is -0.466 e. The van der Waals surface area contributed by atoms with Crippen molar-refractivity contribution in [1.82, 2.24) is 25.2 Å². The quantitative estimate of drug-likeness (QED) is 0.148. The smallest absolute Gasteiger partial charge is 0.416 e. The zero-order chi connectivity index (χ0) is 32.1. The Balaban J connectivity index is 1.72. The lowest BCUT2D eigenvalue weighted by Gasteiger charge is -2.25. The molecule has 0 spiro atoms. The Bertz CT molecular complexity index is 1430. The Labute approximate surface area is 250 Å². The predicted molar refractivity (Wildman–Crippen MR) is 150 cm³/mol. The first-order valence-corrected chi connectivity index (χ1v) is 14.0. The highest BCUT2D eigenvalue weighted by Crippen LogP contribution is 2.37. The zero-order valence-corrected chi connectivity index (χ0v) is 24.4. The van der Waals surface area contributed by atoms with Crippen LogP contribution in [0.1, 0.15) is 66.8 Å². The van der Waals surface area contributed by atoms with Gasteiger partial charge in [-0.05, 0) is 65.9 Å². The van der Waals surface area contributed by atoms with Crippen LogP contribution in [0.15, 0.2) is 36.5 Å². The lowest BCUT2D eigenvalue weighted by atomic mass is 9.99. The van der Waals surface area contributed by atoms with E-state index in [0.29, 0.717) is 35.0 Å². The maximum absolute atomic E-state index is 13.6. The number of halogens is 6. The SMILES string of the molecule is COC(=O)C=Cc1cnc(NC(C)CC2CCCC2)c(CN(Cc2cc(C(F)(F)F)cc(C(F)(F)F)c2)c2nnn(C)n2)c1. The summed E-state index contributed by atoms with van der Waals surface area (Å²) in [5.74, 6) is 0.445. The molecule has 1 saturated carbocycles. The summed E-state index contributed by atoms with van der Waals surface area (Å²) in [4.78, 5) is 18.8. The molecule has 2 aromatic heterocycles. The summed E-state index contributed by atoms with van der Waals surface area (Å²) in [6, 6.07) is 3.18. The molecule has 0 radical (unpaired) electrons. The molecule has 1 fully saturated rings. The van der Waals surface area contributed by atoms with Gasteiger partial charge in [0.05, 0.1) is 25.3 Å². The number of tetrazole rings is 1. The highest BCUT2D eigenvalue weighted by Gasteiger charge is 2.37.